The van der Waals surface area contributed by atoms with Crippen molar-refractivity contribution in [2.75, 3.05) is 30.2 Å². The number of hydrogen-bond donors (Lipinski definition) is 0. The van der Waals surface area contributed by atoms with Gasteiger partial charge in [-0.25, -0.2) is 8.42 Å². The Hall–Kier alpha value is -1.56. The van der Waals surface area contributed by atoms with Crippen molar-refractivity contribution >= 4 is 21.6 Å². The van der Waals surface area contributed by atoms with Gasteiger partial charge in [-0.1, -0.05) is 12.1 Å². The number of hydrogen-bond acceptors (Lipinski definition) is 3. The van der Waals surface area contributed by atoms with Crippen LogP contribution >= 0.6 is 0 Å². The minimum absolute atomic E-state index is 0.136. The molecule has 1 aliphatic rings. The summed E-state index contributed by atoms with van der Waals surface area (Å²) in [5.74, 6) is 0.136. The maximum atomic E-state index is 12.2. The van der Waals surface area contributed by atoms with E-state index in [0.717, 1.165) is 37.1 Å². The maximum absolute atomic E-state index is 12.2. The molecule has 1 saturated heterocycles. The number of carbonyl (C=O) groups is 1. The lowest BCUT2D eigenvalue weighted by Crippen LogP contribution is -2.33. The van der Waals surface area contributed by atoms with Gasteiger partial charge in [0.1, 0.15) is 0 Å². The summed E-state index contributed by atoms with van der Waals surface area (Å²) in [6.45, 7) is 5.86. The Morgan fingerprint density at radius 2 is 1.87 bits per heavy atom. The summed E-state index contributed by atoms with van der Waals surface area (Å²) in [7, 11) is -3.37. The van der Waals surface area contributed by atoms with Gasteiger partial charge in [0.25, 0.3) is 0 Å². The molecule has 1 aliphatic heterocycles. The number of likely N-dealkylation sites (tertiary alicyclic amines) is 1. The number of aryl methyl sites for hydroxylation is 2. The highest BCUT2D eigenvalue weighted by atomic mass is 32.2. The Balaban J connectivity index is 2.05. The second-order valence-electron chi connectivity index (χ2n) is 6.32. The molecular formula is C17H26N2O3S. The van der Waals surface area contributed by atoms with Gasteiger partial charge in [-0.15, -0.1) is 0 Å². The minimum Gasteiger partial charge on any atom is -0.343 e. The molecule has 0 radical (unpaired) electrons. The normalized spacial score (nSPS) is 15.0. The minimum atomic E-state index is -3.37. The molecule has 0 aromatic heterocycles. The summed E-state index contributed by atoms with van der Waals surface area (Å²) in [6.07, 6.45) is 4.30. The highest BCUT2D eigenvalue weighted by Gasteiger charge is 2.21. The third-order valence-corrected chi connectivity index (χ3v) is 5.42. The zero-order valence-corrected chi connectivity index (χ0v) is 15.0. The van der Waals surface area contributed by atoms with E-state index < -0.39 is 10.0 Å². The molecular weight excluding hydrogens is 312 g/mol. The van der Waals surface area contributed by atoms with E-state index in [1.165, 1.54) is 10.6 Å². The zero-order chi connectivity index (χ0) is 17.0. The number of benzene rings is 1. The smallest absolute Gasteiger partial charge is 0.232 e. The summed E-state index contributed by atoms with van der Waals surface area (Å²) >= 11 is 0. The van der Waals surface area contributed by atoms with E-state index in [2.05, 4.69) is 0 Å². The number of anilines is 1. The Bertz CT molecular complexity index is 664. The summed E-state index contributed by atoms with van der Waals surface area (Å²) in [6, 6.07) is 5.78. The van der Waals surface area contributed by atoms with Crippen molar-refractivity contribution in [3.05, 3.63) is 29.3 Å². The Labute approximate surface area is 139 Å². The van der Waals surface area contributed by atoms with Gasteiger partial charge < -0.3 is 4.90 Å². The van der Waals surface area contributed by atoms with Crippen LogP contribution in [0.25, 0.3) is 0 Å². The number of nitrogens with zero attached hydrogens (tertiary/aromatic N) is 2. The van der Waals surface area contributed by atoms with E-state index in [9.17, 15) is 13.2 Å². The van der Waals surface area contributed by atoms with Gasteiger partial charge in [0.05, 0.1) is 11.9 Å². The SMILES string of the molecule is Cc1ccc(C)c(N(CCCC(=O)N2CCCC2)S(C)(=O)=O)c1. The molecule has 0 atom stereocenters. The van der Waals surface area contributed by atoms with Crippen LogP contribution in [0.3, 0.4) is 0 Å². The number of rotatable bonds is 6. The molecule has 5 nitrogen and oxygen atoms in total. The van der Waals surface area contributed by atoms with Gasteiger partial charge in [0.2, 0.25) is 15.9 Å². The molecule has 0 bridgehead atoms. The van der Waals surface area contributed by atoms with E-state index in [-0.39, 0.29) is 5.91 Å². The highest BCUT2D eigenvalue weighted by molar-refractivity contribution is 7.92. The molecule has 0 saturated carbocycles. The van der Waals surface area contributed by atoms with Gasteiger partial charge in [-0.2, -0.15) is 0 Å². The lowest BCUT2D eigenvalue weighted by atomic mass is 10.1. The van der Waals surface area contributed by atoms with Crippen molar-refractivity contribution < 1.29 is 13.2 Å². The average molecular weight is 338 g/mol. The van der Waals surface area contributed by atoms with Crippen molar-refractivity contribution in [1.82, 2.24) is 4.90 Å². The molecule has 1 fully saturated rings. The molecule has 6 heteroatoms. The second kappa shape index (κ2) is 7.34. The number of sulfonamides is 1. The van der Waals surface area contributed by atoms with Crippen LogP contribution in [-0.2, 0) is 14.8 Å². The molecule has 0 N–H and O–H groups in total. The van der Waals surface area contributed by atoms with Crippen LogP contribution in [0.15, 0.2) is 18.2 Å². The standard InChI is InChI=1S/C17H26N2O3S/c1-14-8-9-15(2)16(13-14)19(23(3,21)22)12-6-7-17(20)18-10-4-5-11-18/h8-9,13H,4-7,10-12H2,1-3H3. The highest BCUT2D eigenvalue weighted by Crippen LogP contribution is 2.24. The third-order valence-electron chi connectivity index (χ3n) is 4.24. The molecule has 0 aliphatic carbocycles. The average Bonchev–Trinajstić information content (AvgIpc) is 2.99. The van der Waals surface area contributed by atoms with E-state index in [0.29, 0.717) is 25.1 Å². The van der Waals surface area contributed by atoms with Gasteiger partial charge in [-0.05, 0) is 50.3 Å². The number of carbonyl (C=O) groups excluding carboxylic acids is 1. The Kier molecular flexibility index (Phi) is 5.68. The first-order valence-corrected chi connectivity index (χ1v) is 9.96. The quantitative estimate of drug-likeness (QED) is 0.801. The lowest BCUT2D eigenvalue weighted by Gasteiger charge is -2.25. The Morgan fingerprint density at radius 1 is 1.22 bits per heavy atom. The molecule has 128 valence electrons. The van der Waals surface area contributed by atoms with Crippen LogP contribution in [-0.4, -0.2) is 45.1 Å². The maximum Gasteiger partial charge on any atom is 0.232 e. The third kappa shape index (κ3) is 4.70. The molecule has 0 spiro atoms. The fourth-order valence-corrected chi connectivity index (χ4v) is 3.97. The molecule has 0 unspecified atom stereocenters. The second-order valence-corrected chi connectivity index (χ2v) is 8.22. The number of amides is 1. The fraction of sp³-hybridized carbons (Fsp3) is 0.588. The zero-order valence-electron chi connectivity index (χ0n) is 14.2. The van der Waals surface area contributed by atoms with Crippen LogP contribution in [0.2, 0.25) is 0 Å². The van der Waals surface area contributed by atoms with Crippen LogP contribution in [0.5, 0.6) is 0 Å². The predicted molar refractivity (Wildman–Crippen MR) is 93.2 cm³/mol. The first kappa shape index (κ1) is 17.8. The largest absolute Gasteiger partial charge is 0.343 e. The van der Waals surface area contributed by atoms with E-state index >= 15 is 0 Å². The van der Waals surface area contributed by atoms with Crippen LogP contribution in [0, 0.1) is 13.8 Å². The summed E-state index contributed by atoms with van der Waals surface area (Å²) in [4.78, 5) is 14.0. The van der Waals surface area contributed by atoms with Crippen LogP contribution < -0.4 is 4.31 Å². The molecule has 1 aromatic carbocycles. The Morgan fingerprint density at radius 3 is 2.48 bits per heavy atom. The summed E-state index contributed by atoms with van der Waals surface area (Å²) in [5.41, 5.74) is 2.65. The van der Waals surface area contributed by atoms with Gasteiger partial charge in [0.15, 0.2) is 0 Å². The van der Waals surface area contributed by atoms with E-state index in [1.54, 1.807) is 0 Å². The van der Waals surface area contributed by atoms with Crippen molar-refractivity contribution in [3.8, 4) is 0 Å². The van der Waals surface area contributed by atoms with Crippen molar-refractivity contribution in [2.24, 2.45) is 0 Å². The van der Waals surface area contributed by atoms with Crippen LogP contribution in [0.4, 0.5) is 5.69 Å². The van der Waals surface area contributed by atoms with Gasteiger partial charge >= 0.3 is 0 Å². The summed E-state index contributed by atoms with van der Waals surface area (Å²) in [5, 5.41) is 0. The van der Waals surface area contributed by atoms with Crippen molar-refractivity contribution in [1.29, 1.82) is 0 Å². The molecule has 2 rings (SSSR count). The van der Waals surface area contributed by atoms with E-state index in [4.69, 9.17) is 0 Å². The predicted octanol–water partition coefficient (Wildman–Crippen LogP) is 2.47. The molecule has 1 aromatic rings. The first-order valence-electron chi connectivity index (χ1n) is 8.12. The molecule has 1 amide bonds. The summed E-state index contributed by atoms with van der Waals surface area (Å²) < 4.78 is 25.7. The molecule has 23 heavy (non-hydrogen) atoms. The van der Waals surface area contributed by atoms with Gasteiger partial charge in [0, 0.05) is 26.1 Å². The van der Waals surface area contributed by atoms with Gasteiger partial charge in [-0.3, -0.25) is 9.10 Å². The topological polar surface area (TPSA) is 57.7 Å². The fourth-order valence-electron chi connectivity index (χ4n) is 2.95. The first-order chi connectivity index (χ1) is 10.8. The lowest BCUT2D eigenvalue weighted by molar-refractivity contribution is -0.130. The van der Waals surface area contributed by atoms with Crippen molar-refractivity contribution in [2.45, 2.75) is 39.5 Å². The van der Waals surface area contributed by atoms with E-state index in [1.807, 2.05) is 36.9 Å². The monoisotopic (exact) mass is 338 g/mol. The van der Waals surface area contributed by atoms with Crippen molar-refractivity contribution in [3.63, 3.8) is 0 Å². The van der Waals surface area contributed by atoms with Crippen LogP contribution in [0.1, 0.15) is 36.8 Å². The molecule has 1 heterocycles.